The Kier molecular flexibility index (Phi) is 5.56. The number of aliphatic hydroxyl groups is 1. The highest BCUT2D eigenvalue weighted by Crippen LogP contribution is 2.33. The van der Waals surface area contributed by atoms with Crippen LogP contribution in [0.3, 0.4) is 0 Å². The standard InChI is InChI=1S/C18H28N2O4/c1-3-12(4-2)14-10-17(24-19-14)18(22)20-8-9-23-11-15(20)13-6-5-7-16(13)21/h10,12-13,15-16,21H,3-9,11H2,1-2H3/t13-,15+,16-/m0/s1. The average molecular weight is 336 g/mol. The van der Waals surface area contributed by atoms with Gasteiger partial charge >= 0.3 is 0 Å². The van der Waals surface area contributed by atoms with Gasteiger partial charge in [-0.25, -0.2) is 0 Å². The van der Waals surface area contributed by atoms with Gasteiger partial charge in [-0.15, -0.1) is 0 Å². The fraction of sp³-hybridized carbons (Fsp3) is 0.778. The molecular weight excluding hydrogens is 308 g/mol. The SMILES string of the molecule is CCC(CC)c1cc(C(=O)N2CCOC[C@@H]2[C@@H]2CCC[C@@H]2O)on1. The molecule has 0 radical (unpaired) electrons. The number of hydrogen-bond acceptors (Lipinski definition) is 5. The van der Waals surface area contributed by atoms with Gasteiger partial charge in [-0.05, 0) is 25.7 Å². The first-order valence-electron chi connectivity index (χ1n) is 9.19. The molecule has 1 saturated carbocycles. The zero-order valence-electron chi connectivity index (χ0n) is 14.6. The molecule has 3 atom stereocenters. The third-order valence-corrected chi connectivity index (χ3v) is 5.60. The fourth-order valence-corrected chi connectivity index (χ4v) is 4.08. The van der Waals surface area contributed by atoms with Gasteiger partial charge in [0.2, 0.25) is 5.76 Å². The van der Waals surface area contributed by atoms with E-state index in [0.717, 1.165) is 37.8 Å². The van der Waals surface area contributed by atoms with Crippen molar-refractivity contribution in [2.75, 3.05) is 19.8 Å². The van der Waals surface area contributed by atoms with E-state index in [1.807, 2.05) is 4.90 Å². The number of aromatic nitrogens is 1. The highest BCUT2D eigenvalue weighted by atomic mass is 16.5. The lowest BCUT2D eigenvalue weighted by atomic mass is 9.94. The predicted molar refractivity (Wildman–Crippen MR) is 88.8 cm³/mol. The van der Waals surface area contributed by atoms with Crippen molar-refractivity contribution in [2.45, 2.75) is 64.0 Å². The van der Waals surface area contributed by atoms with Crippen LogP contribution in [-0.4, -0.2) is 53.0 Å². The Morgan fingerprint density at radius 2 is 2.21 bits per heavy atom. The molecule has 2 heterocycles. The molecule has 1 amide bonds. The van der Waals surface area contributed by atoms with Crippen molar-refractivity contribution >= 4 is 5.91 Å². The lowest BCUT2D eigenvalue weighted by Crippen LogP contribution is -2.53. The molecule has 0 spiro atoms. The van der Waals surface area contributed by atoms with Crippen molar-refractivity contribution in [3.63, 3.8) is 0 Å². The molecule has 0 bridgehead atoms. The van der Waals surface area contributed by atoms with Crippen LogP contribution < -0.4 is 0 Å². The van der Waals surface area contributed by atoms with Crippen LogP contribution in [-0.2, 0) is 4.74 Å². The van der Waals surface area contributed by atoms with Gasteiger partial charge in [0.15, 0.2) is 0 Å². The first kappa shape index (κ1) is 17.4. The van der Waals surface area contributed by atoms with Crippen molar-refractivity contribution in [3.05, 3.63) is 17.5 Å². The van der Waals surface area contributed by atoms with Gasteiger partial charge in [0.05, 0.1) is 31.1 Å². The maximum absolute atomic E-state index is 12.9. The Bertz CT molecular complexity index is 555. The Labute approximate surface area is 143 Å². The maximum atomic E-state index is 12.9. The smallest absolute Gasteiger partial charge is 0.292 e. The minimum atomic E-state index is -0.346. The van der Waals surface area contributed by atoms with Gasteiger partial charge in [-0.3, -0.25) is 4.79 Å². The minimum Gasteiger partial charge on any atom is -0.393 e. The highest BCUT2D eigenvalue weighted by Gasteiger charge is 2.40. The molecule has 1 aromatic heterocycles. The molecule has 1 aliphatic carbocycles. The van der Waals surface area contributed by atoms with Crippen LogP contribution in [0.25, 0.3) is 0 Å². The van der Waals surface area contributed by atoms with Crippen LogP contribution in [0.4, 0.5) is 0 Å². The Morgan fingerprint density at radius 1 is 1.42 bits per heavy atom. The maximum Gasteiger partial charge on any atom is 0.292 e. The zero-order valence-corrected chi connectivity index (χ0v) is 14.6. The average Bonchev–Trinajstić information content (AvgIpc) is 3.25. The molecular formula is C18H28N2O4. The summed E-state index contributed by atoms with van der Waals surface area (Å²) in [6.07, 6.45) is 4.36. The Morgan fingerprint density at radius 3 is 2.88 bits per heavy atom. The number of morpholine rings is 1. The first-order valence-corrected chi connectivity index (χ1v) is 9.19. The number of carbonyl (C=O) groups excluding carboxylic acids is 1. The lowest BCUT2D eigenvalue weighted by Gasteiger charge is -2.39. The van der Waals surface area contributed by atoms with Crippen LogP contribution in [0.5, 0.6) is 0 Å². The van der Waals surface area contributed by atoms with E-state index in [1.54, 1.807) is 6.07 Å². The number of carbonyl (C=O) groups is 1. The number of rotatable bonds is 5. The van der Waals surface area contributed by atoms with Gasteiger partial charge in [-0.2, -0.15) is 0 Å². The largest absolute Gasteiger partial charge is 0.393 e. The normalized spacial score (nSPS) is 27.8. The van der Waals surface area contributed by atoms with Crippen molar-refractivity contribution in [1.82, 2.24) is 10.1 Å². The minimum absolute atomic E-state index is 0.0783. The van der Waals surface area contributed by atoms with E-state index in [2.05, 4.69) is 19.0 Å². The highest BCUT2D eigenvalue weighted by molar-refractivity contribution is 5.91. The van der Waals surface area contributed by atoms with Gasteiger partial charge in [0, 0.05) is 24.4 Å². The van der Waals surface area contributed by atoms with E-state index in [-0.39, 0.29) is 24.0 Å². The molecule has 1 aliphatic heterocycles. The second-order valence-electron chi connectivity index (χ2n) is 6.93. The molecule has 6 heteroatoms. The first-order chi connectivity index (χ1) is 11.7. The predicted octanol–water partition coefficient (Wildman–Crippen LogP) is 2.58. The van der Waals surface area contributed by atoms with Gasteiger partial charge in [-0.1, -0.05) is 25.4 Å². The summed E-state index contributed by atoms with van der Waals surface area (Å²) >= 11 is 0. The lowest BCUT2D eigenvalue weighted by molar-refractivity contribution is -0.0396. The molecule has 0 aromatic carbocycles. The topological polar surface area (TPSA) is 75.8 Å². The number of nitrogens with zero attached hydrogens (tertiary/aromatic N) is 2. The van der Waals surface area contributed by atoms with Crippen LogP contribution in [0, 0.1) is 5.92 Å². The summed E-state index contributed by atoms with van der Waals surface area (Å²) in [6.45, 7) is 5.78. The van der Waals surface area contributed by atoms with E-state index in [9.17, 15) is 9.90 Å². The van der Waals surface area contributed by atoms with E-state index >= 15 is 0 Å². The summed E-state index contributed by atoms with van der Waals surface area (Å²) < 4.78 is 10.9. The monoisotopic (exact) mass is 336 g/mol. The number of hydrogen-bond donors (Lipinski definition) is 1. The van der Waals surface area contributed by atoms with Crippen LogP contribution in [0.1, 0.15) is 68.1 Å². The summed E-state index contributed by atoms with van der Waals surface area (Å²) in [5.74, 6) is 0.589. The molecule has 0 unspecified atom stereocenters. The van der Waals surface area contributed by atoms with Gasteiger partial charge in [0.25, 0.3) is 5.91 Å². The van der Waals surface area contributed by atoms with Crippen molar-refractivity contribution in [1.29, 1.82) is 0 Å². The Hall–Kier alpha value is -1.40. The molecule has 6 nitrogen and oxygen atoms in total. The fourth-order valence-electron chi connectivity index (χ4n) is 4.08. The summed E-state index contributed by atoms with van der Waals surface area (Å²) in [5, 5.41) is 14.3. The second kappa shape index (κ2) is 7.66. The number of aliphatic hydroxyl groups excluding tert-OH is 1. The summed E-state index contributed by atoms with van der Waals surface area (Å²) in [4.78, 5) is 14.8. The summed E-state index contributed by atoms with van der Waals surface area (Å²) in [7, 11) is 0. The third-order valence-electron chi connectivity index (χ3n) is 5.60. The third kappa shape index (κ3) is 3.35. The van der Waals surface area contributed by atoms with E-state index < -0.39 is 0 Å². The number of ether oxygens (including phenoxy) is 1. The van der Waals surface area contributed by atoms with Crippen LogP contribution in [0.15, 0.2) is 10.6 Å². The molecule has 24 heavy (non-hydrogen) atoms. The van der Waals surface area contributed by atoms with Crippen LogP contribution >= 0.6 is 0 Å². The summed E-state index contributed by atoms with van der Waals surface area (Å²) in [5.41, 5.74) is 0.856. The molecule has 134 valence electrons. The zero-order chi connectivity index (χ0) is 17.1. The van der Waals surface area contributed by atoms with E-state index in [0.29, 0.717) is 31.4 Å². The van der Waals surface area contributed by atoms with Gasteiger partial charge in [0.1, 0.15) is 0 Å². The second-order valence-corrected chi connectivity index (χ2v) is 6.93. The van der Waals surface area contributed by atoms with E-state index in [1.165, 1.54) is 0 Å². The Balaban J connectivity index is 1.77. The molecule has 3 rings (SSSR count). The quantitative estimate of drug-likeness (QED) is 0.894. The van der Waals surface area contributed by atoms with Crippen molar-refractivity contribution in [3.8, 4) is 0 Å². The molecule has 2 fully saturated rings. The molecule has 1 N–H and O–H groups in total. The molecule has 1 saturated heterocycles. The molecule has 2 aliphatic rings. The van der Waals surface area contributed by atoms with E-state index in [4.69, 9.17) is 9.26 Å². The van der Waals surface area contributed by atoms with Crippen molar-refractivity contribution < 1.29 is 19.2 Å². The van der Waals surface area contributed by atoms with Crippen LogP contribution in [0.2, 0.25) is 0 Å². The van der Waals surface area contributed by atoms with Crippen molar-refractivity contribution in [2.24, 2.45) is 5.92 Å². The number of amides is 1. The summed E-state index contributed by atoms with van der Waals surface area (Å²) in [6, 6.07) is 1.71. The molecule has 1 aromatic rings. The van der Waals surface area contributed by atoms with Gasteiger partial charge < -0.3 is 19.3 Å².